The van der Waals surface area contributed by atoms with Crippen molar-refractivity contribution >= 4 is 5.57 Å². The van der Waals surface area contributed by atoms with Crippen molar-refractivity contribution in [1.82, 2.24) is 0 Å². The van der Waals surface area contributed by atoms with Crippen LogP contribution in [-0.4, -0.2) is 0 Å². The number of allylic oxidation sites excluding steroid dienone is 1. The summed E-state index contributed by atoms with van der Waals surface area (Å²) < 4.78 is 0. The Balaban J connectivity index is 1.22. The Labute approximate surface area is 154 Å². The largest absolute Gasteiger partial charge is 0.0947 e. The number of benzene rings is 1. The molecule has 0 amide bonds. The lowest BCUT2D eigenvalue weighted by Gasteiger charge is -2.72. The van der Waals surface area contributed by atoms with Crippen LogP contribution < -0.4 is 0 Å². The van der Waals surface area contributed by atoms with E-state index in [0.717, 1.165) is 10.8 Å². The van der Waals surface area contributed by atoms with E-state index in [1.807, 2.05) is 0 Å². The van der Waals surface area contributed by atoms with Gasteiger partial charge >= 0.3 is 0 Å². The summed E-state index contributed by atoms with van der Waals surface area (Å²) in [7, 11) is 0. The van der Waals surface area contributed by atoms with E-state index in [-0.39, 0.29) is 0 Å². The third-order valence-electron chi connectivity index (χ3n) is 8.61. The van der Waals surface area contributed by atoms with Crippen LogP contribution in [0.15, 0.2) is 30.8 Å². The number of hydrogen-bond donors (Lipinski definition) is 0. The van der Waals surface area contributed by atoms with Crippen molar-refractivity contribution in [2.75, 3.05) is 0 Å². The van der Waals surface area contributed by atoms with Crippen molar-refractivity contribution < 1.29 is 0 Å². The minimum atomic E-state index is 0.483. The SMILES string of the molecule is C=C(c1ccc(C23CC(CCCC)(C2)C3)cc1)C12CC(CCC)(C1)C2. The fourth-order valence-electron chi connectivity index (χ4n) is 7.57. The Morgan fingerprint density at radius 3 is 2.00 bits per heavy atom. The molecule has 0 N–H and O–H groups in total. The van der Waals surface area contributed by atoms with Gasteiger partial charge in [-0.15, -0.1) is 0 Å². The molecule has 0 aliphatic heterocycles. The van der Waals surface area contributed by atoms with Crippen molar-refractivity contribution in [3.8, 4) is 0 Å². The third-order valence-corrected chi connectivity index (χ3v) is 8.61. The highest BCUT2D eigenvalue weighted by Gasteiger charge is 2.68. The van der Waals surface area contributed by atoms with Gasteiger partial charge in [-0.2, -0.15) is 0 Å². The molecule has 6 saturated carbocycles. The monoisotopic (exact) mass is 334 g/mol. The zero-order valence-electron chi connectivity index (χ0n) is 16.3. The number of rotatable bonds is 8. The van der Waals surface area contributed by atoms with Gasteiger partial charge in [-0.3, -0.25) is 0 Å². The summed E-state index contributed by atoms with van der Waals surface area (Å²) in [6, 6.07) is 9.67. The lowest BCUT2D eigenvalue weighted by atomic mass is 9.32. The highest BCUT2D eigenvalue weighted by atomic mass is 14.7. The van der Waals surface area contributed by atoms with E-state index in [9.17, 15) is 0 Å². The minimum Gasteiger partial charge on any atom is -0.0947 e. The molecule has 1 aromatic carbocycles. The second-order valence-corrected chi connectivity index (χ2v) is 10.5. The maximum absolute atomic E-state index is 4.53. The molecule has 0 atom stereocenters. The molecular weight excluding hydrogens is 300 g/mol. The molecule has 0 heteroatoms. The summed E-state index contributed by atoms with van der Waals surface area (Å²) in [6.07, 6.45) is 15.7. The summed E-state index contributed by atoms with van der Waals surface area (Å²) in [4.78, 5) is 0. The van der Waals surface area contributed by atoms with E-state index < -0.39 is 0 Å². The maximum Gasteiger partial charge on any atom is -0.00311 e. The van der Waals surface area contributed by atoms with Crippen LogP contribution in [0.1, 0.15) is 95.6 Å². The summed E-state index contributed by atoms with van der Waals surface area (Å²) in [6.45, 7) is 9.18. The predicted molar refractivity (Wildman–Crippen MR) is 107 cm³/mol. The molecule has 0 radical (unpaired) electrons. The second-order valence-electron chi connectivity index (χ2n) is 10.5. The zero-order chi connectivity index (χ0) is 17.3. The molecule has 134 valence electrons. The summed E-state index contributed by atoms with van der Waals surface area (Å²) in [5.41, 5.74) is 6.98. The molecule has 4 bridgehead atoms. The standard InChI is InChI=1S/C25H34/c1-4-6-12-23-16-25(17-23,18-23)21-9-7-20(8-10-21)19(3)24-13-22(14-24,15-24)11-5-2/h7-10H,3-6,11-18H2,1-2H3. The molecule has 7 rings (SSSR count). The molecular formula is C25H34. The van der Waals surface area contributed by atoms with Crippen molar-refractivity contribution in [2.45, 2.75) is 89.9 Å². The van der Waals surface area contributed by atoms with Crippen LogP contribution >= 0.6 is 0 Å². The highest BCUT2D eigenvalue weighted by Crippen LogP contribution is 2.79. The van der Waals surface area contributed by atoms with E-state index in [1.165, 1.54) is 81.8 Å². The molecule has 0 nitrogen and oxygen atoms in total. The van der Waals surface area contributed by atoms with Gasteiger partial charge in [-0.25, -0.2) is 0 Å². The van der Waals surface area contributed by atoms with Crippen molar-refractivity contribution in [3.63, 3.8) is 0 Å². The van der Waals surface area contributed by atoms with E-state index in [2.05, 4.69) is 44.7 Å². The van der Waals surface area contributed by atoms with Crippen LogP contribution in [0.3, 0.4) is 0 Å². The molecule has 0 heterocycles. The van der Waals surface area contributed by atoms with Crippen molar-refractivity contribution in [2.24, 2.45) is 16.2 Å². The van der Waals surface area contributed by atoms with Crippen LogP contribution in [-0.2, 0) is 5.41 Å². The third kappa shape index (κ3) is 2.06. The normalized spacial score (nSPS) is 42.6. The van der Waals surface area contributed by atoms with E-state index in [0.29, 0.717) is 10.8 Å². The lowest BCUT2D eigenvalue weighted by Crippen LogP contribution is -2.64. The van der Waals surface area contributed by atoms with Crippen LogP contribution in [0.4, 0.5) is 0 Å². The molecule has 25 heavy (non-hydrogen) atoms. The van der Waals surface area contributed by atoms with E-state index >= 15 is 0 Å². The average Bonchev–Trinajstić information content (AvgIpc) is 2.47. The number of unbranched alkanes of at least 4 members (excludes halogenated alkanes) is 1. The molecule has 6 aliphatic rings. The van der Waals surface area contributed by atoms with Gasteiger partial charge in [-0.05, 0) is 89.7 Å². The minimum absolute atomic E-state index is 0.483. The molecule has 1 aromatic rings. The summed E-state index contributed by atoms with van der Waals surface area (Å²) in [5, 5.41) is 0. The first kappa shape index (κ1) is 16.2. The molecule has 0 spiro atoms. The Kier molecular flexibility index (Phi) is 3.24. The Morgan fingerprint density at radius 2 is 1.44 bits per heavy atom. The smallest absolute Gasteiger partial charge is 0.00311 e. The first-order chi connectivity index (χ1) is 12.0. The second kappa shape index (κ2) is 5.02. The molecule has 0 aromatic heterocycles. The fraction of sp³-hybridized carbons (Fsp3) is 0.680. The summed E-state index contributed by atoms with van der Waals surface area (Å²) in [5.74, 6) is 0. The van der Waals surface area contributed by atoms with Crippen LogP contribution in [0.5, 0.6) is 0 Å². The van der Waals surface area contributed by atoms with Gasteiger partial charge < -0.3 is 0 Å². The van der Waals surface area contributed by atoms with Gasteiger partial charge in [0.15, 0.2) is 0 Å². The van der Waals surface area contributed by atoms with E-state index in [4.69, 9.17) is 0 Å². The zero-order valence-corrected chi connectivity index (χ0v) is 16.3. The summed E-state index contributed by atoms with van der Waals surface area (Å²) >= 11 is 0. The van der Waals surface area contributed by atoms with E-state index in [1.54, 1.807) is 5.56 Å². The first-order valence-corrected chi connectivity index (χ1v) is 10.8. The van der Waals surface area contributed by atoms with Crippen LogP contribution in [0.2, 0.25) is 0 Å². The Morgan fingerprint density at radius 1 is 0.840 bits per heavy atom. The quantitative estimate of drug-likeness (QED) is 0.468. The topological polar surface area (TPSA) is 0 Å². The molecule has 0 unspecified atom stereocenters. The predicted octanol–water partition coefficient (Wildman–Crippen LogP) is 7.28. The van der Waals surface area contributed by atoms with Crippen molar-refractivity contribution in [3.05, 3.63) is 42.0 Å². The highest BCUT2D eigenvalue weighted by molar-refractivity contribution is 5.72. The lowest BCUT2D eigenvalue weighted by molar-refractivity contribution is -0.165. The maximum atomic E-state index is 4.53. The van der Waals surface area contributed by atoms with Crippen LogP contribution in [0.25, 0.3) is 5.57 Å². The van der Waals surface area contributed by atoms with Gasteiger partial charge in [0.2, 0.25) is 0 Å². The fourth-order valence-corrected chi connectivity index (χ4v) is 7.57. The van der Waals surface area contributed by atoms with Crippen molar-refractivity contribution in [1.29, 1.82) is 0 Å². The van der Waals surface area contributed by atoms with Crippen LogP contribution in [0, 0.1) is 16.2 Å². The van der Waals surface area contributed by atoms with Gasteiger partial charge in [0.1, 0.15) is 0 Å². The molecule has 6 aliphatic carbocycles. The van der Waals surface area contributed by atoms with Gasteiger partial charge in [0, 0.05) is 0 Å². The van der Waals surface area contributed by atoms with Gasteiger partial charge in [-0.1, -0.05) is 64.0 Å². The molecule has 6 fully saturated rings. The Hall–Kier alpha value is -1.04. The first-order valence-electron chi connectivity index (χ1n) is 10.8. The Bertz CT molecular complexity index is 665. The molecule has 0 saturated heterocycles. The van der Waals surface area contributed by atoms with Gasteiger partial charge in [0.25, 0.3) is 0 Å². The van der Waals surface area contributed by atoms with Gasteiger partial charge in [0.05, 0.1) is 0 Å². The average molecular weight is 335 g/mol. The number of hydrogen-bond acceptors (Lipinski definition) is 0.